The Balaban J connectivity index is 1.51. The van der Waals surface area contributed by atoms with Crippen LogP contribution in [-0.2, 0) is 6.42 Å². The number of benzene rings is 3. The van der Waals surface area contributed by atoms with Crippen molar-refractivity contribution >= 4 is 40.7 Å². The molecular formula is C24H20Cl2N2O2. The molecule has 0 saturated heterocycles. The second kappa shape index (κ2) is 8.50. The molecule has 1 aliphatic heterocycles. The van der Waals surface area contributed by atoms with Gasteiger partial charge in [0.2, 0.25) is 0 Å². The number of carbonyl (C=O) groups excluding carboxylic acids is 2. The first kappa shape index (κ1) is 20.5. The van der Waals surface area contributed by atoms with Crippen molar-refractivity contribution in [3.63, 3.8) is 0 Å². The van der Waals surface area contributed by atoms with Crippen LogP contribution in [0.25, 0.3) is 0 Å². The zero-order valence-electron chi connectivity index (χ0n) is 16.4. The number of nitrogens with zero attached hydrogens (tertiary/aromatic N) is 1. The van der Waals surface area contributed by atoms with E-state index in [1.807, 2.05) is 19.1 Å². The van der Waals surface area contributed by atoms with Gasteiger partial charge in [-0.25, -0.2) is 0 Å². The van der Waals surface area contributed by atoms with E-state index in [0.717, 1.165) is 23.2 Å². The van der Waals surface area contributed by atoms with Crippen LogP contribution in [0.1, 0.15) is 44.8 Å². The Bertz CT molecular complexity index is 1130. The van der Waals surface area contributed by atoms with Gasteiger partial charge in [-0.15, -0.1) is 0 Å². The zero-order valence-corrected chi connectivity index (χ0v) is 17.9. The Labute approximate surface area is 185 Å². The summed E-state index contributed by atoms with van der Waals surface area (Å²) >= 11 is 12.2. The fraction of sp³-hybridized carbons (Fsp3) is 0.167. The van der Waals surface area contributed by atoms with Gasteiger partial charge in [0.05, 0.1) is 16.6 Å². The number of hydrogen-bond acceptors (Lipinski definition) is 2. The van der Waals surface area contributed by atoms with Crippen molar-refractivity contribution in [3.05, 3.63) is 99.0 Å². The molecule has 152 valence electrons. The SMILES string of the molecule is CC(NC(=O)c1ccccc1Cl)c1ccc2c(c1)CCN2C(=O)c1cccc(Cl)c1. The molecule has 0 radical (unpaired) electrons. The average Bonchev–Trinajstić information content (AvgIpc) is 3.16. The molecule has 1 unspecified atom stereocenters. The van der Waals surface area contributed by atoms with Gasteiger partial charge in [-0.1, -0.05) is 53.5 Å². The molecule has 0 fully saturated rings. The highest BCUT2D eigenvalue weighted by Gasteiger charge is 2.26. The van der Waals surface area contributed by atoms with E-state index < -0.39 is 0 Å². The van der Waals surface area contributed by atoms with Crippen molar-refractivity contribution < 1.29 is 9.59 Å². The molecule has 1 atom stereocenters. The summed E-state index contributed by atoms with van der Waals surface area (Å²) in [5.74, 6) is -0.282. The fourth-order valence-corrected chi connectivity index (χ4v) is 4.09. The molecule has 4 rings (SSSR count). The molecule has 0 aromatic heterocycles. The molecule has 4 nitrogen and oxygen atoms in total. The second-order valence-corrected chi connectivity index (χ2v) is 8.12. The predicted octanol–water partition coefficient (Wildman–Crippen LogP) is 5.69. The Morgan fingerprint density at radius 3 is 2.57 bits per heavy atom. The van der Waals surface area contributed by atoms with Gasteiger partial charge >= 0.3 is 0 Å². The van der Waals surface area contributed by atoms with E-state index >= 15 is 0 Å². The maximum absolute atomic E-state index is 12.9. The molecule has 3 aromatic rings. The maximum Gasteiger partial charge on any atom is 0.258 e. The quantitative estimate of drug-likeness (QED) is 0.568. The summed E-state index contributed by atoms with van der Waals surface area (Å²) in [4.78, 5) is 27.2. The third-order valence-corrected chi connectivity index (χ3v) is 5.85. The lowest BCUT2D eigenvalue weighted by Gasteiger charge is -2.19. The van der Waals surface area contributed by atoms with Crippen LogP contribution in [0, 0.1) is 0 Å². The van der Waals surface area contributed by atoms with Gasteiger partial charge in [-0.2, -0.15) is 0 Å². The summed E-state index contributed by atoms with van der Waals surface area (Å²) in [5.41, 5.74) is 3.98. The third-order valence-electron chi connectivity index (χ3n) is 5.28. The van der Waals surface area contributed by atoms with Gasteiger partial charge in [0.15, 0.2) is 0 Å². The van der Waals surface area contributed by atoms with Gasteiger partial charge in [0.1, 0.15) is 0 Å². The van der Waals surface area contributed by atoms with Crippen LogP contribution in [0.15, 0.2) is 66.7 Å². The normalized spacial score (nSPS) is 13.6. The first-order chi connectivity index (χ1) is 14.4. The number of fused-ring (bicyclic) bond motifs is 1. The van der Waals surface area contributed by atoms with Crippen LogP contribution in [0.4, 0.5) is 5.69 Å². The Morgan fingerprint density at radius 1 is 1.00 bits per heavy atom. The molecule has 0 bridgehead atoms. The molecule has 3 aromatic carbocycles. The largest absolute Gasteiger partial charge is 0.345 e. The first-order valence-corrected chi connectivity index (χ1v) is 10.5. The lowest BCUT2D eigenvalue weighted by molar-refractivity contribution is 0.0939. The smallest absolute Gasteiger partial charge is 0.258 e. The molecule has 0 saturated carbocycles. The molecule has 0 spiro atoms. The average molecular weight is 439 g/mol. The zero-order chi connectivity index (χ0) is 21.3. The predicted molar refractivity (Wildman–Crippen MR) is 121 cm³/mol. The number of halogens is 2. The van der Waals surface area contributed by atoms with Gasteiger partial charge in [-0.05, 0) is 60.9 Å². The number of carbonyl (C=O) groups is 2. The topological polar surface area (TPSA) is 49.4 Å². The molecule has 1 aliphatic rings. The van der Waals surface area contributed by atoms with Gasteiger partial charge in [-0.3, -0.25) is 9.59 Å². The van der Waals surface area contributed by atoms with Gasteiger partial charge in [0.25, 0.3) is 11.8 Å². The monoisotopic (exact) mass is 438 g/mol. The minimum absolute atomic E-state index is 0.0657. The van der Waals surface area contributed by atoms with Crippen molar-refractivity contribution in [2.75, 3.05) is 11.4 Å². The molecule has 6 heteroatoms. The third kappa shape index (κ3) is 4.07. The number of hydrogen-bond donors (Lipinski definition) is 1. The van der Waals surface area contributed by atoms with Crippen molar-refractivity contribution in [2.24, 2.45) is 0 Å². The first-order valence-electron chi connectivity index (χ1n) is 9.69. The van der Waals surface area contributed by atoms with Crippen molar-refractivity contribution in [1.29, 1.82) is 0 Å². The summed E-state index contributed by atoms with van der Waals surface area (Å²) in [5, 5.41) is 3.95. The summed E-state index contributed by atoms with van der Waals surface area (Å²) < 4.78 is 0. The number of amides is 2. The van der Waals surface area contributed by atoms with Crippen LogP contribution in [0.5, 0.6) is 0 Å². The standard InChI is InChI=1S/C24H20Cl2N2O2/c1-15(27-23(29)20-7-2-3-8-21(20)26)16-9-10-22-17(13-16)11-12-28(22)24(30)18-5-4-6-19(25)14-18/h2-10,13-15H,11-12H2,1H3,(H,27,29). The minimum atomic E-state index is -0.216. The molecule has 0 aliphatic carbocycles. The molecular weight excluding hydrogens is 419 g/mol. The van der Waals surface area contributed by atoms with Gasteiger partial charge < -0.3 is 10.2 Å². The van der Waals surface area contributed by atoms with Crippen LogP contribution in [0.2, 0.25) is 10.0 Å². The number of rotatable bonds is 4. The summed E-state index contributed by atoms with van der Waals surface area (Å²) in [6.07, 6.45) is 0.765. The van der Waals surface area contributed by atoms with Crippen LogP contribution in [-0.4, -0.2) is 18.4 Å². The van der Waals surface area contributed by atoms with E-state index in [-0.39, 0.29) is 17.9 Å². The number of nitrogens with one attached hydrogen (secondary N) is 1. The van der Waals surface area contributed by atoms with Gasteiger partial charge in [0, 0.05) is 22.8 Å². The lowest BCUT2D eigenvalue weighted by atomic mass is 10.0. The van der Waals surface area contributed by atoms with E-state index in [1.165, 1.54) is 0 Å². The highest BCUT2D eigenvalue weighted by Crippen LogP contribution is 2.32. The molecule has 2 amide bonds. The van der Waals surface area contributed by atoms with E-state index in [4.69, 9.17) is 23.2 Å². The Morgan fingerprint density at radius 2 is 1.80 bits per heavy atom. The Kier molecular flexibility index (Phi) is 5.80. The number of anilines is 1. The van der Waals surface area contributed by atoms with E-state index in [2.05, 4.69) is 11.4 Å². The van der Waals surface area contributed by atoms with Crippen LogP contribution >= 0.6 is 23.2 Å². The summed E-state index contributed by atoms with van der Waals surface area (Å²) in [7, 11) is 0. The summed E-state index contributed by atoms with van der Waals surface area (Å²) in [6.45, 7) is 2.55. The Hall–Kier alpha value is -2.82. The van der Waals surface area contributed by atoms with Crippen molar-refractivity contribution in [2.45, 2.75) is 19.4 Å². The fourth-order valence-electron chi connectivity index (χ4n) is 3.68. The minimum Gasteiger partial charge on any atom is -0.345 e. The molecule has 30 heavy (non-hydrogen) atoms. The van der Waals surface area contributed by atoms with E-state index in [9.17, 15) is 9.59 Å². The highest BCUT2D eigenvalue weighted by atomic mass is 35.5. The van der Waals surface area contributed by atoms with Crippen molar-refractivity contribution in [3.8, 4) is 0 Å². The van der Waals surface area contributed by atoms with Crippen LogP contribution in [0.3, 0.4) is 0 Å². The maximum atomic E-state index is 12.9. The highest BCUT2D eigenvalue weighted by molar-refractivity contribution is 6.33. The summed E-state index contributed by atoms with van der Waals surface area (Å²) in [6, 6.07) is 19.7. The second-order valence-electron chi connectivity index (χ2n) is 7.28. The molecule has 1 heterocycles. The van der Waals surface area contributed by atoms with E-state index in [1.54, 1.807) is 53.4 Å². The van der Waals surface area contributed by atoms with Crippen LogP contribution < -0.4 is 10.2 Å². The lowest BCUT2D eigenvalue weighted by Crippen LogP contribution is -2.29. The molecule has 1 N–H and O–H groups in total. The van der Waals surface area contributed by atoms with E-state index in [0.29, 0.717) is 27.7 Å². The van der Waals surface area contributed by atoms with Crippen molar-refractivity contribution in [1.82, 2.24) is 5.32 Å².